The lowest BCUT2D eigenvalue weighted by atomic mass is 9.94. The Kier molecular flexibility index (Phi) is 3.17. The van der Waals surface area contributed by atoms with E-state index in [0.29, 0.717) is 11.2 Å². The van der Waals surface area contributed by atoms with Crippen LogP contribution >= 0.6 is 12.2 Å². The van der Waals surface area contributed by atoms with Crippen molar-refractivity contribution >= 4 is 12.2 Å². The Labute approximate surface area is 83.2 Å². The molecule has 72 valence electrons. The summed E-state index contributed by atoms with van der Waals surface area (Å²) < 4.78 is 5.81. The quantitative estimate of drug-likeness (QED) is 0.755. The smallest absolute Gasteiger partial charge is 0.114 e. The van der Waals surface area contributed by atoms with Crippen LogP contribution in [0.5, 0.6) is 0 Å². The first-order chi connectivity index (χ1) is 6.06. The van der Waals surface area contributed by atoms with E-state index in [-0.39, 0.29) is 5.41 Å². The topological polar surface area (TPSA) is 37.9 Å². The van der Waals surface area contributed by atoms with Gasteiger partial charge in [-0.1, -0.05) is 26.1 Å². The van der Waals surface area contributed by atoms with Gasteiger partial charge in [-0.25, -0.2) is 4.98 Å². The predicted molar refractivity (Wildman–Crippen MR) is 54.3 cm³/mol. The molecule has 0 saturated carbocycles. The molecule has 3 nitrogen and oxygen atoms in total. The van der Waals surface area contributed by atoms with Gasteiger partial charge in [0, 0.05) is 18.7 Å². The fourth-order valence-electron chi connectivity index (χ4n) is 1.14. The summed E-state index contributed by atoms with van der Waals surface area (Å²) in [6, 6.07) is 1.77. The van der Waals surface area contributed by atoms with Gasteiger partial charge in [0.25, 0.3) is 0 Å². The maximum atomic E-state index is 5.11. The Hall–Kier alpha value is -0.740. The molecule has 4 heteroatoms. The Morgan fingerprint density at radius 1 is 1.62 bits per heavy atom. The molecule has 0 aliphatic rings. The first-order valence-corrected chi connectivity index (χ1v) is 4.52. The zero-order chi connectivity index (χ0) is 9.90. The van der Waals surface area contributed by atoms with Crippen LogP contribution in [0.1, 0.15) is 19.7 Å². The van der Waals surface area contributed by atoms with Gasteiger partial charge in [-0.2, -0.15) is 0 Å². The van der Waals surface area contributed by atoms with Crippen molar-refractivity contribution in [2.45, 2.75) is 19.3 Å². The maximum absolute atomic E-state index is 5.11. The van der Waals surface area contributed by atoms with Crippen molar-refractivity contribution < 1.29 is 4.74 Å². The van der Waals surface area contributed by atoms with Gasteiger partial charge >= 0.3 is 0 Å². The number of methoxy groups -OCH3 is 1. The first-order valence-electron chi connectivity index (χ1n) is 4.11. The van der Waals surface area contributed by atoms with Gasteiger partial charge in [0.1, 0.15) is 10.5 Å². The first kappa shape index (κ1) is 10.3. The molecule has 1 aromatic heterocycles. The van der Waals surface area contributed by atoms with Crippen molar-refractivity contribution in [3.8, 4) is 0 Å². The number of rotatable bonds is 3. The van der Waals surface area contributed by atoms with Crippen LogP contribution in [-0.2, 0) is 10.2 Å². The molecule has 0 spiro atoms. The van der Waals surface area contributed by atoms with Crippen LogP contribution in [0.2, 0.25) is 0 Å². The molecule has 0 aromatic carbocycles. The predicted octanol–water partition coefficient (Wildman–Crippen LogP) is 2.06. The molecule has 0 unspecified atom stereocenters. The van der Waals surface area contributed by atoms with Crippen LogP contribution in [0.4, 0.5) is 0 Å². The molecular weight excluding hydrogens is 184 g/mol. The zero-order valence-electron chi connectivity index (χ0n) is 8.13. The minimum absolute atomic E-state index is 0.121. The second kappa shape index (κ2) is 3.98. The molecule has 0 amide bonds. The molecule has 1 aromatic rings. The standard InChI is InChI=1S/C9H14N2OS/c1-9(2,6-12-3)8-10-5-4-7(13)11-8/h4-5H,6H2,1-3H3,(H,10,11,13). The van der Waals surface area contributed by atoms with Gasteiger partial charge in [-0.3, -0.25) is 0 Å². The number of ether oxygens (including phenoxy) is 1. The van der Waals surface area contributed by atoms with Crippen molar-refractivity contribution in [3.63, 3.8) is 0 Å². The molecule has 0 saturated heterocycles. The van der Waals surface area contributed by atoms with Gasteiger partial charge in [0.05, 0.1) is 6.61 Å². The van der Waals surface area contributed by atoms with E-state index in [9.17, 15) is 0 Å². The van der Waals surface area contributed by atoms with E-state index in [4.69, 9.17) is 17.0 Å². The molecular formula is C9H14N2OS. The lowest BCUT2D eigenvalue weighted by molar-refractivity contribution is 0.142. The minimum Gasteiger partial charge on any atom is -0.384 e. The van der Waals surface area contributed by atoms with E-state index in [1.165, 1.54) is 0 Å². The molecule has 0 radical (unpaired) electrons. The number of hydrogen-bond donors (Lipinski definition) is 1. The largest absolute Gasteiger partial charge is 0.384 e. The van der Waals surface area contributed by atoms with Crippen LogP contribution in [0.3, 0.4) is 0 Å². The molecule has 0 fully saturated rings. The van der Waals surface area contributed by atoms with Crippen LogP contribution in [0, 0.1) is 4.64 Å². The number of hydrogen-bond acceptors (Lipinski definition) is 3. The highest BCUT2D eigenvalue weighted by Gasteiger charge is 2.22. The van der Waals surface area contributed by atoms with Crippen molar-refractivity contribution in [1.82, 2.24) is 9.97 Å². The summed E-state index contributed by atoms with van der Waals surface area (Å²) in [4.78, 5) is 7.28. The number of aromatic amines is 1. The van der Waals surface area contributed by atoms with Crippen molar-refractivity contribution in [3.05, 3.63) is 22.7 Å². The van der Waals surface area contributed by atoms with E-state index >= 15 is 0 Å². The summed E-state index contributed by atoms with van der Waals surface area (Å²) in [6.07, 6.45) is 1.71. The molecule has 0 aliphatic heterocycles. The van der Waals surface area contributed by atoms with E-state index < -0.39 is 0 Å². The third kappa shape index (κ3) is 2.60. The van der Waals surface area contributed by atoms with Gasteiger partial charge in [0.15, 0.2) is 0 Å². The fraction of sp³-hybridized carbons (Fsp3) is 0.556. The lowest BCUT2D eigenvalue weighted by Crippen LogP contribution is -2.26. The van der Waals surface area contributed by atoms with Gasteiger partial charge in [-0.15, -0.1) is 0 Å². The molecule has 13 heavy (non-hydrogen) atoms. The molecule has 0 bridgehead atoms. The highest BCUT2D eigenvalue weighted by molar-refractivity contribution is 7.71. The number of H-pyrrole nitrogens is 1. The van der Waals surface area contributed by atoms with Crippen LogP contribution in [-0.4, -0.2) is 23.7 Å². The van der Waals surface area contributed by atoms with Gasteiger partial charge in [0.2, 0.25) is 0 Å². The summed E-state index contributed by atoms with van der Waals surface area (Å²) in [5.41, 5.74) is -0.121. The van der Waals surface area contributed by atoms with Crippen LogP contribution in [0.25, 0.3) is 0 Å². The lowest BCUT2D eigenvalue weighted by Gasteiger charge is -2.21. The Morgan fingerprint density at radius 2 is 2.31 bits per heavy atom. The van der Waals surface area contributed by atoms with E-state index in [1.807, 2.05) is 0 Å². The third-order valence-corrected chi connectivity index (χ3v) is 2.06. The Morgan fingerprint density at radius 3 is 2.85 bits per heavy atom. The highest BCUT2D eigenvalue weighted by atomic mass is 32.1. The molecule has 1 rings (SSSR count). The third-order valence-electron chi connectivity index (χ3n) is 1.82. The zero-order valence-corrected chi connectivity index (χ0v) is 8.94. The van der Waals surface area contributed by atoms with E-state index in [2.05, 4.69) is 23.8 Å². The number of nitrogens with zero attached hydrogens (tertiary/aromatic N) is 1. The summed E-state index contributed by atoms with van der Waals surface area (Å²) in [6.45, 7) is 4.74. The molecule has 1 N–H and O–H groups in total. The monoisotopic (exact) mass is 198 g/mol. The second-order valence-corrected chi connectivity index (χ2v) is 4.04. The minimum atomic E-state index is -0.121. The van der Waals surface area contributed by atoms with Crippen molar-refractivity contribution in [2.75, 3.05) is 13.7 Å². The van der Waals surface area contributed by atoms with E-state index in [1.54, 1.807) is 19.4 Å². The van der Waals surface area contributed by atoms with Gasteiger partial charge < -0.3 is 9.72 Å². The summed E-state index contributed by atoms with van der Waals surface area (Å²) in [5.74, 6) is 0.863. The fourth-order valence-corrected chi connectivity index (χ4v) is 1.30. The van der Waals surface area contributed by atoms with Crippen molar-refractivity contribution in [2.24, 2.45) is 0 Å². The average Bonchev–Trinajstić information content (AvgIpc) is 2.04. The molecule has 0 aliphatic carbocycles. The molecule has 0 atom stereocenters. The average molecular weight is 198 g/mol. The Balaban J connectivity index is 2.99. The summed E-state index contributed by atoms with van der Waals surface area (Å²) in [5, 5.41) is 0. The maximum Gasteiger partial charge on any atom is 0.114 e. The Bertz CT molecular complexity index is 332. The van der Waals surface area contributed by atoms with Gasteiger partial charge in [-0.05, 0) is 6.07 Å². The normalized spacial score (nSPS) is 11.6. The van der Waals surface area contributed by atoms with Crippen molar-refractivity contribution in [1.29, 1.82) is 0 Å². The SMILES string of the molecule is COCC(C)(C)c1nccc(=S)[nH]1. The number of nitrogens with one attached hydrogen (secondary N) is 1. The number of aromatic nitrogens is 2. The van der Waals surface area contributed by atoms with Crippen LogP contribution < -0.4 is 0 Å². The summed E-state index contributed by atoms with van der Waals surface area (Å²) in [7, 11) is 1.68. The molecule has 1 heterocycles. The highest BCUT2D eigenvalue weighted by Crippen LogP contribution is 2.18. The van der Waals surface area contributed by atoms with E-state index in [0.717, 1.165) is 5.82 Å². The van der Waals surface area contributed by atoms with Crippen LogP contribution in [0.15, 0.2) is 12.3 Å². The summed E-state index contributed by atoms with van der Waals surface area (Å²) >= 11 is 5.02. The second-order valence-electron chi connectivity index (χ2n) is 3.60.